The number of amides is 4. The highest BCUT2D eigenvalue weighted by molar-refractivity contribution is 6.16. The fourth-order valence-electron chi connectivity index (χ4n) is 2.93. The Balaban J connectivity index is 1.70. The van der Waals surface area contributed by atoms with Crippen molar-refractivity contribution in [2.75, 3.05) is 23.9 Å². The quantitative estimate of drug-likeness (QED) is 0.824. The van der Waals surface area contributed by atoms with Crippen LogP contribution in [0.3, 0.4) is 0 Å². The number of hydrogen-bond acceptors (Lipinski definition) is 4. The first-order valence-corrected chi connectivity index (χ1v) is 8.56. The van der Waals surface area contributed by atoms with Crippen LogP contribution in [0.15, 0.2) is 48.5 Å². The molecule has 1 heterocycles. The minimum Gasteiger partial charge on any atom is -0.497 e. The SMILES string of the molecule is COc1ccc(NC(=O)CN2C(=O)C(C)N(c3ccc(C)cc3)C2=O)cc1. The van der Waals surface area contributed by atoms with E-state index in [0.29, 0.717) is 17.1 Å². The van der Waals surface area contributed by atoms with Gasteiger partial charge in [-0.1, -0.05) is 17.7 Å². The monoisotopic (exact) mass is 367 g/mol. The summed E-state index contributed by atoms with van der Waals surface area (Å²) in [7, 11) is 1.55. The third-order valence-electron chi connectivity index (χ3n) is 4.44. The van der Waals surface area contributed by atoms with Crippen LogP contribution in [0.2, 0.25) is 0 Å². The minimum atomic E-state index is -0.658. The van der Waals surface area contributed by atoms with E-state index >= 15 is 0 Å². The molecule has 140 valence electrons. The van der Waals surface area contributed by atoms with Crippen LogP contribution in [0.25, 0.3) is 0 Å². The van der Waals surface area contributed by atoms with E-state index in [1.807, 2.05) is 19.1 Å². The number of aryl methyl sites for hydroxylation is 1. The molecule has 7 heteroatoms. The van der Waals surface area contributed by atoms with Crippen molar-refractivity contribution < 1.29 is 19.1 Å². The Morgan fingerprint density at radius 3 is 2.30 bits per heavy atom. The topological polar surface area (TPSA) is 79.0 Å². The first-order valence-electron chi connectivity index (χ1n) is 8.56. The summed E-state index contributed by atoms with van der Waals surface area (Å²) in [6, 6.07) is 13.0. The molecular weight excluding hydrogens is 346 g/mol. The molecule has 1 aliphatic rings. The molecule has 1 fully saturated rings. The van der Waals surface area contributed by atoms with Gasteiger partial charge in [-0.2, -0.15) is 0 Å². The molecule has 1 saturated heterocycles. The van der Waals surface area contributed by atoms with Gasteiger partial charge in [0.2, 0.25) is 5.91 Å². The lowest BCUT2D eigenvalue weighted by molar-refractivity contribution is -0.130. The molecule has 2 aromatic carbocycles. The molecule has 1 N–H and O–H groups in total. The normalized spacial score (nSPS) is 16.6. The van der Waals surface area contributed by atoms with Crippen molar-refractivity contribution in [3.8, 4) is 5.75 Å². The Labute approximate surface area is 157 Å². The van der Waals surface area contributed by atoms with E-state index in [4.69, 9.17) is 4.74 Å². The number of anilines is 2. The van der Waals surface area contributed by atoms with Crippen LogP contribution < -0.4 is 15.0 Å². The predicted molar refractivity (Wildman–Crippen MR) is 102 cm³/mol. The van der Waals surface area contributed by atoms with E-state index in [2.05, 4.69) is 5.32 Å². The predicted octanol–water partition coefficient (Wildman–Crippen LogP) is 2.80. The van der Waals surface area contributed by atoms with Gasteiger partial charge in [0.05, 0.1) is 7.11 Å². The second-order valence-corrected chi connectivity index (χ2v) is 6.37. The summed E-state index contributed by atoms with van der Waals surface area (Å²) in [5.74, 6) is -0.175. The molecule has 3 rings (SSSR count). The lowest BCUT2D eigenvalue weighted by Gasteiger charge is -2.19. The molecule has 2 aromatic rings. The Kier molecular flexibility index (Phi) is 5.12. The number of imide groups is 1. The summed E-state index contributed by atoms with van der Waals surface area (Å²) < 4.78 is 5.07. The summed E-state index contributed by atoms with van der Waals surface area (Å²) in [5.41, 5.74) is 2.24. The molecule has 4 amide bonds. The molecule has 0 radical (unpaired) electrons. The Morgan fingerprint density at radius 2 is 1.70 bits per heavy atom. The first-order chi connectivity index (χ1) is 12.9. The van der Waals surface area contributed by atoms with Gasteiger partial charge in [0.1, 0.15) is 18.3 Å². The van der Waals surface area contributed by atoms with Gasteiger partial charge in [0.15, 0.2) is 0 Å². The summed E-state index contributed by atoms with van der Waals surface area (Å²) in [4.78, 5) is 39.9. The van der Waals surface area contributed by atoms with Gasteiger partial charge in [-0.3, -0.25) is 19.4 Å². The largest absolute Gasteiger partial charge is 0.497 e. The summed E-state index contributed by atoms with van der Waals surface area (Å²) in [6.45, 7) is 3.26. The van der Waals surface area contributed by atoms with E-state index < -0.39 is 23.9 Å². The van der Waals surface area contributed by atoms with Crippen LogP contribution in [0.4, 0.5) is 16.2 Å². The van der Waals surface area contributed by atoms with E-state index in [1.54, 1.807) is 50.4 Å². The highest BCUT2D eigenvalue weighted by Crippen LogP contribution is 2.26. The molecule has 27 heavy (non-hydrogen) atoms. The maximum Gasteiger partial charge on any atom is 0.332 e. The number of urea groups is 1. The van der Waals surface area contributed by atoms with Crippen LogP contribution in [0, 0.1) is 6.92 Å². The van der Waals surface area contributed by atoms with Gasteiger partial charge in [0, 0.05) is 11.4 Å². The van der Waals surface area contributed by atoms with Crippen molar-refractivity contribution in [2.45, 2.75) is 19.9 Å². The smallest absolute Gasteiger partial charge is 0.332 e. The third-order valence-corrected chi connectivity index (χ3v) is 4.44. The van der Waals surface area contributed by atoms with Gasteiger partial charge < -0.3 is 10.1 Å². The Bertz CT molecular complexity index is 862. The third kappa shape index (κ3) is 3.76. The molecule has 0 aromatic heterocycles. The van der Waals surface area contributed by atoms with Gasteiger partial charge in [-0.15, -0.1) is 0 Å². The molecule has 1 aliphatic heterocycles. The average molecular weight is 367 g/mol. The van der Waals surface area contributed by atoms with Gasteiger partial charge >= 0.3 is 6.03 Å². The van der Waals surface area contributed by atoms with Crippen molar-refractivity contribution in [3.63, 3.8) is 0 Å². The van der Waals surface area contributed by atoms with Crippen LogP contribution >= 0.6 is 0 Å². The van der Waals surface area contributed by atoms with Crippen LogP contribution in [0.5, 0.6) is 5.75 Å². The number of carbonyl (C=O) groups is 3. The van der Waals surface area contributed by atoms with Crippen LogP contribution in [0.1, 0.15) is 12.5 Å². The highest BCUT2D eigenvalue weighted by Gasteiger charge is 2.43. The van der Waals surface area contributed by atoms with Crippen LogP contribution in [-0.2, 0) is 9.59 Å². The summed E-state index contributed by atoms with van der Waals surface area (Å²) in [6.07, 6.45) is 0. The van der Waals surface area contributed by atoms with Crippen molar-refractivity contribution in [2.24, 2.45) is 0 Å². The van der Waals surface area contributed by atoms with Gasteiger partial charge in [-0.25, -0.2) is 4.79 Å². The maximum atomic E-state index is 12.7. The molecule has 1 unspecified atom stereocenters. The lowest BCUT2D eigenvalue weighted by atomic mass is 10.2. The number of carbonyl (C=O) groups excluding carboxylic acids is 3. The number of hydrogen-bond donors (Lipinski definition) is 1. The molecule has 0 saturated carbocycles. The maximum absolute atomic E-state index is 12.7. The molecule has 1 atom stereocenters. The van der Waals surface area contributed by atoms with Gasteiger partial charge in [-0.05, 0) is 50.2 Å². The number of rotatable bonds is 5. The van der Waals surface area contributed by atoms with Crippen molar-refractivity contribution in [1.82, 2.24) is 4.90 Å². The van der Waals surface area contributed by atoms with E-state index in [0.717, 1.165) is 10.5 Å². The molecule has 0 bridgehead atoms. The lowest BCUT2D eigenvalue weighted by Crippen LogP contribution is -2.39. The zero-order valence-electron chi connectivity index (χ0n) is 15.4. The van der Waals surface area contributed by atoms with Crippen molar-refractivity contribution >= 4 is 29.2 Å². The zero-order valence-corrected chi connectivity index (χ0v) is 15.4. The zero-order chi connectivity index (χ0) is 19.6. The number of nitrogens with one attached hydrogen (secondary N) is 1. The minimum absolute atomic E-state index is 0.337. The fourth-order valence-corrected chi connectivity index (χ4v) is 2.93. The van der Waals surface area contributed by atoms with E-state index in [9.17, 15) is 14.4 Å². The van der Waals surface area contributed by atoms with Crippen LogP contribution in [-0.4, -0.2) is 42.4 Å². The molecule has 0 spiro atoms. The standard InChI is InChI=1S/C20H21N3O4/c1-13-4-8-16(9-5-13)23-14(2)19(25)22(20(23)26)12-18(24)21-15-6-10-17(27-3)11-7-15/h4-11,14H,12H2,1-3H3,(H,21,24). The number of benzene rings is 2. The Hall–Kier alpha value is -3.35. The number of ether oxygens (including phenoxy) is 1. The molecular formula is C20H21N3O4. The fraction of sp³-hybridized carbons (Fsp3) is 0.250. The first kappa shape index (κ1) is 18.4. The van der Waals surface area contributed by atoms with E-state index in [-0.39, 0.29) is 6.54 Å². The number of methoxy groups -OCH3 is 1. The van der Waals surface area contributed by atoms with Gasteiger partial charge in [0.25, 0.3) is 5.91 Å². The second-order valence-electron chi connectivity index (χ2n) is 6.37. The summed E-state index contributed by atoms with van der Waals surface area (Å²) >= 11 is 0. The second kappa shape index (κ2) is 7.49. The van der Waals surface area contributed by atoms with Crippen molar-refractivity contribution in [1.29, 1.82) is 0 Å². The molecule has 7 nitrogen and oxygen atoms in total. The average Bonchev–Trinajstić information content (AvgIpc) is 2.87. The Morgan fingerprint density at radius 1 is 1.07 bits per heavy atom. The molecule has 0 aliphatic carbocycles. The highest BCUT2D eigenvalue weighted by atomic mass is 16.5. The number of nitrogens with zero attached hydrogens (tertiary/aromatic N) is 2. The summed E-state index contributed by atoms with van der Waals surface area (Å²) in [5, 5.41) is 2.68. The van der Waals surface area contributed by atoms with Crippen molar-refractivity contribution in [3.05, 3.63) is 54.1 Å². The van der Waals surface area contributed by atoms with E-state index in [1.165, 1.54) is 4.90 Å².